The van der Waals surface area contributed by atoms with Gasteiger partial charge in [0.15, 0.2) is 11.6 Å². The smallest absolute Gasteiger partial charge is 0.161 e. The van der Waals surface area contributed by atoms with Crippen molar-refractivity contribution in [3.05, 3.63) is 63.9 Å². The molecule has 3 N–H and O–H groups in total. The van der Waals surface area contributed by atoms with E-state index in [1.54, 1.807) is 18.2 Å². The number of benzene rings is 2. The molecule has 0 fully saturated rings. The molecule has 6 heteroatoms. The fourth-order valence-corrected chi connectivity index (χ4v) is 2.13. The molecule has 0 heterocycles. The van der Waals surface area contributed by atoms with Crippen LogP contribution in [0, 0.1) is 24.4 Å². The minimum atomic E-state index is -1.23. The van der Waals surface area contributed by atoms with Crippen LogP contribution >= 0.6 is 11.6 Å². The van der Waals surface area contributed by atoms with Gasteiger partial charge in [-0.3, -0.25) is 0 Å². The fourth-order valence-electron chi connectivity index (χ4n) is 1.95. The highest BCUT2D eigenvalue weighted by Crippen LogP contribution is 2.26. The van der Waals surface area contributed by atoms with Gasteiger partial charge in [-0.15, -0.1) is 0 Å². The summed E-state index contributed by atoms with van der Waals surface area (Å²) in [6.45, 7) is 1.86. The summed E-state index contributed by atoms with van der Waals surface area (Å²) in [5.41, 5.74) is 7.07. The molecule has 0 radical (unpaired) electrons. The summed E-state index contributed by atoms with van der Waals surface area (Å²) in [6, 6.07) is 5.83. The second kappa shape index (κ2) is 6.37. The van der Waals surface area contributed by atoms with E-state index in [1.807, 2.05) is 6.92 Å². The van der Waals surface area contributed by atoms with E-state index < -0.39 is 23.5 Å². The zero-order chi connectivity index (χ0) is 15.6. The molecule has 0 aliphatic heterocycles. The monoisotopic (exact) mass is 314 g/mol. The third-order valence-electron chi connectivity index (χ3n) is 3.16. The summed E-state index contributed by atoms with van der Waals surface area (Å²) in [5.74, 6) is -3.20. The molecule has 1 unspecified atom stereocenters. The van der Waals surface area contributed by atoms with E-state index in [2.05, 4.69) is 5.32 Å². The molecule has 0 aliphatic carbocycles. The molecular formula is C15H14ClF3N2. The van der Waals surface area contributed by atoms with Crippen LogP contribution in [0.3, 0.4) is 0 Å². The molecule has 0 aromatic heterocycles. The zero-order valence-corrected chi connectivity index (χ0v) is 12.0. The summed E-state index contributed by atoms with van der Waals surface area (Å²) in [4.78, 5) is 0. The van der Waals surface area contributed by atoms with Crippen molar-refractivity contribution in [3.63, 3.8) is 0 Å². The maximum Gasteiger partial charge on any atom is 0.161 e. The van der Waals surface area contributed by atoms with E-state index in [4.69, 9.17) is 17.3 Å². The maximum atomic E-state index is 13.8. The van der Waals surface area contributed by atoms with Crippen molar-refractivity contribution in [1.82, 2.24) is 0 Å². The largest absolute Gasteiger partial charge is 0.377 e. The zero-order valence-electron chi connectivity index (χ0n) is 11.3. The first kappa shape index (κ1) is 15.7. The highest BCUT2D eigenvalue weighted by atomic mass is 35.5. The van der Waals surface area contributed by atoms with Gasteiger partial charge >= 0.3 is 0 Å². The average Bonchev–Trinajstić information content (AvgIpc) is 2.44. The number of aryl methyl sites for hydroxylation is 1. The van der Waals surface area contributed by atoms with Crippen LogP contribution in [0.15, 0.2) is 30.3 Å². The van der Waals surface area contributed by atoms with E-state index in [0.29, 0.717) is 16.8 Å². The summed E-state index contributed by atoms with van der Waals surface area (Å²) in [6.07, 6.45) is 0. The van der Waals surface area contributed by atoms with Crippen molar-refractivity contribution in [2.24, 2.45) is 5.73 Å². The van der Waals surface area contributed by atoms with Gasteiger partial charge in [0.1, 0.15) is 5.82 Å². The Morgan fingerprint density at radius 1 is 1.10 bits per heavy atom. The SMILES string of the molecule is Cc1ccc(NC(CN)c2cc(F)c(F)cc2F)cc1Cl. The van der Waals surface area contributed by atoms with Crippen LogP contribution in [-0.2, 0) is 0 Å². The second-order valence-electron chi connectivity index (χ2n) is 4.68. The highest BCUT2D eigenvalue weighted by Gasteiger charge is 2.18. The first-order valence-corrected chi connectivity index (χ1v) is 6.67. The van der Waals surface area contributed by atoms with Gasteiger partial charge < -0.3 is 11.1 Å². The van der Waals surface area contributed by atoms with Crippen molar-refractivity contribution in [3.8, 4) is 0 Å². The Morgan fingerprint density at radius 3 is 2.38 bits per heavy atom. The molecule has 2 aromatic carbocycles. The molecule has 0 bridgehead atoms. The van der Waals surface area contributed by atoms with E-state index in [0.717, 1.165) is 11.6 Å². The first-order valence-electron chi connectivity index (χ1n) is 6.29. The number of nitrogens with one attached hydrogen (secondary N) is 1. The Balaban J connectivity index is 2.31. The third kappa shape index (κ3) is 3.49. The molecule has 0 aliphatic rings. The topological polar surface area (TPSA) is 38.0 Å². The molecule has 0 saturated carbocycles. The van der Waals surface area contributed by atoms with Gasteiger partial charge in [0, 0.05) is 28.9 Å². The van der Waals surface area contributed by atoms with Crippen LogP contribution in [0.5, 0.6) is 0 Å². The number of hydrogen-bond donors (Lipinski definition) is 2. The number of hydrogen-bond acceptors (Lipinski definition) is 2. The predicted molar refractivity (Wildman–Crippen MR) is 77.9 cm³/mol. The highest BCUT2D eigenvalue weighted by molar-refractivity contribution is 6.31. The van der Waals surface area contributed by atoms with Crippen LogP contribution in [0.4, 0.5) is 18.9 Å². The third-order valence-corrected chi connectivity index (χ3v) is 3.57. The van der Waals surface area contributed by atoms with Gasteiger partial charge in [-0.1, -0.05) is 17.7 Å². The standard InChI is InChI=1S/C15H14ClF3N2/c1-8-2-3-9(4-11(8)16)21-15(7-20)10-5-13(18)14(19)6-12(10)17/h2-6,15,21H,7,20H2,1H3. The van der Waals surface area contributed by atoms with E-state index in [9.17, 15) is 13.2 Å². The van der Waals surface area contributed by atoms with E-state index >= 15 is 0 Å². The Hall–Kier alpha value is -1.72. The Bertz CT molecular complexity index is 662. The second-order valence-corrected chi connectivity index (χ2v) is 5.09. The lowest BCUT2D eigenvalue weighted by molar-refractivity contribution is 0.486. The number of anilines is 1. The van der Waals surface area contributed by atoms with Gasteiger partial charge in [0.2, 0.25) is 0 Å². The van der Waals surface area contributed by atoms with Crippen molar-refractivity contribution in [2.75, 3.05) is 11.9 Å². The van der Waals surface area contributed by atoms with Crippen molar-refractivity contribution in [1.29, 1.82) is 0 Å². The fraction of sp³-hybridized carbons (Fsp3) is 0.200. The lowest BCUT2D eigenvalue weighted by Gasteiger charge is -2.20. The lowest BCUT2D eigenvalue weighted by atomic mass is 10.1. The van der Waals surface area contributed by atoms with Crippen LogP contribution in [0.1, 0.15) is 17.2 Å². The van der Waals surface area contributed by atoms with Gasteiger partial charge in [-0.25, -0.2) is 13.2 Å². The van der Waals surface area contributed by atoms with Crippen molar-refractivity contribution < 1.29 is 13.2 Å². The quantitative estimate of drug-likeness (QED) is 0.831. The molecule has 2 nitrogen and oxygen atoms in total. The lowest BCUT2D eigenvalue weighted by Crippen LogP contribution is -2.22. The molecule has 2 aromatic rings. The summed E-state index contributed by atoms with van der Waals surface area (Å²) in [5, 5.41) is 3.51. The van der Waals surface area contributed by atoms with Gasteiger partial charge in [0.25, 0.3) is 0 Å². The Kier molecular flexibility index (Phi) is 4.75. The van der Waals surface area contributed by atoms with Crippen LogP contribution < -0.4 is 11.1 Å². The minimum absolute atomic E-state index is 0.00743. The van der Waals surface area contributed by atoms with Crippen molar-refractivity contribution >= 4 is 17.3 Å². The normalized spacial score (nSPS) is 12.3. The van der Waals surface area contributed by atoms with Gasteiger partial charge in [0.05, 0.1) is 6.04 Å². The van der Waals surface area contributed by atoms with E-state index in [1.165, 1.54) is 0 Å². The summed E-state index contributed by atoms with van der Waals surface area (Å²) < 4.78 is 40.0. The minimum Gasteiger partial charge on any atom is -0.377 e. The predicted octanol–water partition coefficient (Wildman–Crippen LogP) is 4.18. The number of nitrogens with two attached hydrogens (primary N) is 1. The maximum absolute atomic E-state index is 13.8. The Labute approximate surface area is 125 Å². The summed E-state index contributed by atoms with van der Waals surface area (Å²) >= 11 is 6.01. The molecule has 0 amide bonds. The van der Waals surface area contributed by atoms with Crippen LogP contribution in [-0.4, -0.2) is 6.54 Å². The first-order chi connectivity index (χ1) is 9.92. The molecule has 112 valence electrons. The summed E-state index contributed by atoms with van der Waals surface area (Å²) in [7, 11) is 0. The van der Waals surface area contributed by atoms with Crippen molar-refractivity contribution in [2.45, 2.75) is 13.0 Å². The molecular weight excluding hydrogens is 301 g/mol. The molecule has 0 saturated heterocycles. The average molecular weight is 315 g/mol. The van der Waals surface area contributed by atoms with Crippen LogP contribution in [0.2, 0.25) is 5.02 Å². The van der Waals surface area contributed by atoms with E-state index in [-0.39, 0.29) is 12.1 Å². The molecule has 2 rings (SSSR count). The molecule has 1 atom stereocenters. The molecule has 21 heavy (non-hydrogen) atoms. The number of rotatable bonds is 4. The van der Waals surface area contributed by atoms with Crippen LogP contribution in [0.25, 0.3) is 0 Å². The Morgan fingerprint density at radius 2 is 1.76 bits per heavy atom. The molecule has 0 spiro atoms. The van der Waals surface area contributed by atoms with Gasteiger partial charge in [-0.2, -0.15) is 0 Å². The number of halogens is 4. The van der Waals surface area contributed by atoms with Gasteiger partial charge in [-0.05, 0) is 30.7 Å².